The van der Waals surface area contributed by atoms with Gasteiger partial charge in [0.2, 0.25) is 15.9 Å². The second-order valence-corrected chi connectivity index (χ2v) is 12.7. The Morgan fingerprint density at radius 1 is 0.975 bits per heavy atom. The van der Waals surface area contributed by atoms with Crippen molar-refractivity contribution in [3.8, 4) is 5.75 Å². The number of amides is 1. The SMILES string of the molecule is COc1ccc(S(=O)(=O)NC(C)C)cc1NC(=O)CN(c1cc(C(F)(F)F)ccc1Cl)S(=O)(=O)c1ccccc1. The van der Waals surface area contributed by atoms with E-state index >= 15 is 0 Å². The van der Waals surface area contributed by atoms with Crippen LogP contribution in [0, 0.1) is 0 Å². The van der Waals surface area contributed by atoms with Crippen molar-refractivity contribution in [1.29, 1.82) is 0 Å². The van der Waals surface area contributed by atoms with Gasteiger partial charge in [-0.25, -0.2) is 21.6 Å². The minimum absolute atomic E-state index is 0.0476. The molecule has 0 saturated heterocycles. The third-order valence-electron chi connectivity index (χ3n) is 5.31. The van der Waals surface area contributed by atoms with Crippen LogP contribution in [0.25, 0.3) is 0 Å². The Morgan fingerprint density at radius 3 is 2.20 bits per heavy atom. The van der Waals surface area contributed by atoms with Crippen molar-refractivity contribution in [2.45, 2.75) is 35.9 Å². The van der Waals surface area contributed by atoms with Crippen LogP contribution in [-0.4, -0.2) is 42.4 Å². The first-order valence-electron chi connectivity index (χ1n) is 11.5. The lowest BCUT2D eigenvalue weighted by molar-refractivity contribution is -0.137. The van der Waals surface area contributed by atoms with Gasteiger partial charge < -0.3 is 10.1 Å². The maximum absolute atomic E-state index is 13.5. The molecule has 3 aromatic rings. The number of benzene rings is 3. The van der Waals surface area contributed by atoms with Gasteiger partial charge in [-0.3, -0.25) is 9.10 Å². The number of methoxy groups -OCH3 is 1. The van der Waals surface area contributed by atoms with Crippen molar-refractivity contribution < 1.29 is 39.5 Å². The lowest BCUT2D eigenvalue weighted by Gasteiger charge is -2.26. The third kappa shape index (κ3) is 7.24. The Balaban J connectivity index is 2.07. The topological polar surface area (TPSA) is 122 Å². The summed E-state index contributed by atoms with van der Waals surface area (Å²) < 4.78 is 101. The zero-order valence-electron chi connectivity index (χ0n) is 21.4. The zero-order chi connectivity index (χ0) is 29.9. The van der Waals surface area contributed by atoms with Gasteiger partial charge in [0.05, 0.1) is 38.9 Å². The molecule has 0 spiro atoms. The molecule has 0 aromatic heterocycles. The van der Waals surface area contributed by atoms with E-state index in [4.69, 9.17) is 16.3 Å². The predicted molar refractivity (Wildman–Crippen MR) is 145 cm³/mol. The number of halogens is 4. The smallest absolute Gasteiger partial charge is 0.416 e. The summed E-state index contributed by atoms with van der Waals surface area (Å²) in [5.74, 6) is -0.968. The van der Waals surface area contributed by atoms with Crippen molar-refractivity contribution in [3.05, 3.63) is 77.3 Å². The molecule has 15 heteroatoms. The highest BCUT2D eigenvalue weighted by molar-refractivity contribution is 7.93. The van der Waals surface area contributed by atoms with Crippen LogP contribution in [0.5, 0.6) is 5.75 Å². The quantitative estimate of drug-likeness (QED) is 0.333. The molecule has 1 amide bonds. The van der Waals surface area contributed by atoms with Crippen LogP contribution in [0.1, 0.15) is 19.4 Å². The number of ether oxygens (including phenoxy) is 1. The van der Waals surface area contributed by atoms with E-state index in [2.05, 4.69) is 10.0 Å². The molecule has 0 saturated carbocycles. The fraction of sp³-hybridized carbons (Fsp3) is 0.240. The number of sulfonamides is 2. The molecule has 9 nitrogen and oxygen atoms in total. The maximum atomic E-state index is 13.5. The molecule has 3 aromatic carbocycles. The summed E-state index contributed by atoms with van der Waals surface area (Å²) in [7, 11) is -7.32. The monoisotopic (exact) mass is 619 g/mol. The fourth-order valence-electron chi connectivity index (χ4n) is 3.55. The van der Waals surface area contributed by atoms with E-state index in [1.807, 2.05) is 0 Å². The molecule has 0 atom stereocenters. The van der Waals surface area contributed by atoms with Gasteiger partial charge in [-0.05, 0) is 62.4 Å². The van der Waals surface area contributed by atoms with Crippen LogP contribution >= 0.6 is 11.6 Å². The molecule has 0 bridgehead atoms. The Bertz CT molecular complexity index is 1600. The number of carbonyl (C=O) groups excluding carboxylic acids is 1. The molecule has 3 rings (SSSR count). The molecule has 216 valence electrons. The number of hydrogen-bond acceptors (Lipinski definition) is 6. The average Bonchev–Trinajstić information content (AvgIpc) is 2.86. The van der Waals surface area contributed by atoms with Crippen molar-refractivity contribution in [1.82, 2.24) is 4.72 Å². The summed E-state index contributed by atoms with van der Waals surface area (Å²) in [5.41, 5.74) is -1.89. The molecule has 0 aliphatic rings. The Kier molecular flexibility index (Phi) is 9.39. The van der Waals surface area contributed by atoms with Crippen molar-refractivity contribution >= 4 is 48.9 Å². The summed E-state index contributed by atoms with van der Waals surface area (Å²) in [6.45, 7) is 2.22. The predicted octanol–water partition coefficient (Wildman–Crippen LogP) is 4.89. The largest absolute Gasteiger partial charge is 0.495 e. The number of nitrogens with one attached hydrogen (secondary N) is 2. The highest BCUT2D eigenvalue weighted by atomic mass is 35.5. The fourth-order valence-corrected chi connectivity index (χ4v) is 6.55. The number of nitrogens with zero attached hydrogens (tertiary/aromatic N) is 1. The minimum Gasteiger partial charge on any atom is -0.495 e. The van der Waals surface area contributed by atoms with Gasteiger partial charge >= 0.3 is 6.18 Å². The summed E-state index contributed by atoms with van der Waals surface area (Å²) in [4.78, 5) is 12.7. The third-order valence-corrected chi connectivity index (χ3v) is 9.06. The lowest BCUT2D eigenvalue weighted by atomic mass is 10.2. The zero-order valence-corrected chi connectivity index (χ0v) is 23.7. The average molecular weight is 620 g/mol. The molecule has 0 fully saturated rings. The Morgan fingerprint density at radius 2 is 1.62 bits per heavy atom. The molecule has 40 heavy (non-hydrogen) atoms. The van der Waals surface area contributed by atoms with Gasteiger partial charge in [0.1, 0.15) is 12.3 Å². The van der Waals surface area contributed by atoms with Gasteiger partial charge in [-0.15, -0.1) is 0 Å². The summed E-state index contributed by atoms with van der Waals surface area (Å²) in [6, 6.07) is 12.1. The van der Waals surface area contributed by atoms with E-state index in [-0.39, 0.29) is 26.3 Å². The number of anilines is 2. The molecular weight excluding hydrogens is 595 g/mol. The van der Waals surface area contributed by atoms with E-state index in [9.17, 15) is 34.8 Å². The summed E-state index contributed by atoms with van der Waals surface area (Å²) in [5, 5.41) is 2.03. The second-order valence-electron chi connectivity index (χ2n) is 8.67. The van der Waals surface area contributed by atoms with E-state index in [0.717, 1.165) is 12.1 Å². The van der Waals surface area contributed by atoms with Crippen LogP contribution in [0.3, 0.4) is 0 Å². The van der Waals surface area contributed by atoms with Gasteiger partial charge in [0, 0.05) is 6.04 Å². The molecule has 2 N–H and O–H groups in total. The van der Waals surface area contributed by atoms with E-state index < -0.39 is 56.0 Å². The van der Waals surface area contributed by atoms with Gasteiger partial charge in [-0.1, -0.05) is 29.8 Å². The minimum atomic E-state index is -4.83. The number of alkyl halides is 3. The first kappa shape index (κ1) is 31.2. The summed E-state index contributed by atoms with van der Waals surface area (Å²) in [6.07, 6.45) is -4.83. The van der Waals surface area contributed by atoms with E-state index in [1.54, 1.807) is 13.8 Å². The molecule has 0 aliphatic carbocycles. The van der Waals surface area contributed by atoms with Crippen molar-refractivity contribution in [2.24, 2.45) is 0 Å². The van der Waals surface area contributed by atoms with Gasteiger partial charge in [0.15, 0.2) is 0 Å². The van der Waals surface area contributed by atoms with Crippen molar-refractivity contribution in [3.63, 3.8) is 0 Å². The van der Waals surface area contributed by atoms with Crippen LogP contribution < -0.4 is 19.1 Å². The molecule has 0 unspecified atom stereocenters. The first-order valence-corrected chi connectivity index (χ1v) is 14.8. The number of rotatable bonds is 10. The van der Waals surface area contributed by atoms with Gasteiger partial charge in [0.25, 0.3) is 10.0 Å². The molecule has 0 aliphatic heterocycles. The summed E-state index contributed by atoms with van der Waals surface area (Å²) >= 11 is 6.14. The van der Waals surface area contributed by atoms with Crippen LogP contribution in [0.15, 0.2) is 76.5 Å². The van der Waals surface area contributed by atoms with Crippen LogP contribution in [-0.2, 0) is 31.0 Å². The highest BCUT2D eigenvalue weighted by Gasteiger charge is 2.34. The lowest BCUT2D eigenvalue weighted by Crippen LogP contribution is -2.38. The standard InChI is InChI=1S/C25H25ClF3N3O6S2/c1-16(2)31-39(34,35)19-10-12-23(38-3)21(14-19)30-24(33)15-32(40(36,37)18-7-5-4-6-8-18)22-13-17(25(27,28)29)9-11-20(22)26/h4-14,16,31H,15H2,1-3H3,(H,30,33). The van der Waals surface area contributed by atoms with E-state index in [0.29, 0.717) is 16.4 Å². The van der Waals surface area contributed by atoms with Crippen LogP contribution in [0.4, 0.5) is 24.5 Å². The molecule has 0 radical (unpaired) electrons. The Hall–Kier alpha value is -3.33. The van der Waals surface area contributed by atoms with E-state index in [1.165, 1.54) is 49.6 Å². The molecule has 0 heterocycles. The van der Waals surface area contributed by atoms with Crippen molar-refractivity contribution in [2.75, 3.05) is 23.3 Å². The number of carbonyl (C=O) groups is 1. The highest BCUT2D eigenvalue weighted by Crippen LogP contribution is 2.37. The second kappa shape index (κ2) is 12.0. The number of hydrogen-bond donors (Lipinski definition) is 2. The van der Waals surface area contributed by atoms with Gasteiger partial charge in [-0.2, -0.15) is 13.2 Å². The first-order chi connectivity index (χ1) is 18.6. The van der Waals surface area contributed by atoms with Crippen LogP contribution in [0.2, 0.25) is 5.02 Å². The maximum Gasteiger partial charge on any atom is 0.416 e. The molecular formula is C25H25ClF3N3O6S2. The normalized spacial score (nSPS) is 12.3. The Labute approximate surface area is 235 Å².